The molecule has 0 radical (unpaired) electrons. The highest BCUT2D eigenvalue weighted by Crippen LogP contribution is 2.11. The lowest BCUT2D eigenvalue weighted by Gasteiger charge is -2.22. The molecular weight excluding hydrogens is 180 g/mol. The molecule has 1 aliphatic rings. The highest BCUT2D eigenvalue weighted by atomic mass is 16.5. The van der Waals surface area contributed by atoms with Crippen LogP contribution in [0.3, 0.4) is 0 Å². The Bertz CT molecular complexity index is 168. The SMILES string of the molecule is CNCCC(=O)NCC1CCCCO1. The van der Waals surface area contributed by atoms with Crippen molar-refractivity contribution < 1.29 is 9.53 Å². The number of carbonyl (C=O) groups is 1. The molecule has 1 saturated heterocycles. The van der Waals surface area contributed by atoms with Gasteiger partial charge in [0.05, 0.1) is 6.10 Å². The number of hydrogen-bond donors (Lipinski definition) is 2. The lowest BCUT2D eigenvalue weighted by atomic mass is 10.1. The molecule has 82 valence electrons. The number of amides is 1. The van der Waals surface area contributed by atoms with Crippen molar-refractivity contribution in [3.63, 3.8) is 0 Å². The van der Waals surface area contributed by atoms with Crippen LogP contribution < -0.4 is 10.6 Å². The Hall–Kier alpha value is -0.610. The van der Waals surface area contributed by atoms with Crippen molar-refractivity contribution in [2.75, 3.05) is 26.7 Å². The summed E-state index contributed by atoms with van der Waals surface area (Å²) < 4.78 is 5.50. The molecule has 4 nitrogen and oxygen atoms in total. The smallest absolute Gasteiger partial charge is 0.221 e. The number of hydrogen-bond acceptors (Lipinski definition) is 3. The van der Waals surface area contributed by atoms with E-state index in [1.54, 1.807) is 0 Å². The summed E-state index contributed by atoms with van der Waals surface area (Å²) in [7, 11) is 1.84. The van der Waals surface area contributed by atoms with E-state index in [9.17, 15) is 4.79 Å². The van der Waals surface area contributed by atoms with Gasteiger partial charge in [-0.25, -0.2) is 0 Å². The van der Waals surface area contributed by atoms with E-state index < -0.39 is 0 Å². The summed E-state index contributed by atoms with van der Waals surface area (Å²) in [6, 6.07) is 0. The Kier molecular flexibility index (Phi) is 5.56. The molecule has 14 heavy (non-hydrogen) atoms. The van der Waals surface area contributed by atoms with Gasteiger partial charge in [-0.3, -0.25) is 4.79 Å². The minimum absolute atomic E-state index is 0.105. The molecule has 0 aromatic heterocycles. The van der Waals surface area contributed by atoms with Crippen molar-refractivity contribution >= 4 is 5.91 Å². The molecule has 1 rings (SSSR count). The largest absolute Gasteiger partial charge is 0.376 e. The highest BCUT2D eigenvalue weighted by molar-refractivity contribution is 5.76. The van der Waals surface area contributed by atoms with Crippen molar-refractivity contribution in [3.05, 3.63) is 0 Å². The van der Waals surface area contributed by atoms with Gasteiger partial charge < -0.3 is 15.4 Å². The number of rotatable bonds is 5. The van der Waals surface area contributed by atoms with E-state index in [0.29, 0.717) is 13.0 Å². The summed E-state index contributed by atoms with van der Waals surface area (Å²) in [6.07, 6.45) is 4.24. The van der Waals surface area contributed by atoms with E-state index in [1.165, 1.54) is 6.42 Å². The monoisotopic (exact) mass is 200 g/mol. The first-order chi connectivity index (χ1) is 6.83. The third-order valence-corrected chi connectivity index (χ3v) is 2.40. The standard InChI is InChI=1S/C10H20N2O2/c1-11-6-5-10(13)12-8-9-4-2-3-7-14-9/h9,11H,2-8H2,1H3,(H,12,13). The van der Waals surface area contributed by atoms with Gasteiger partial charge in [0.1, 0.15) is 0 Å². The lowest BCUT2D eigenvalue weighted by Crippen LogP contribution is -2.36. The van der Waals surface area contributed by atoms with E-state index in [4.69, 9.17) is 4.74 Å². The number of ether oxygens (including phenoxy) is 1. The van der Waals surface area contributed by atoms with Crippen molar-refractivity contribution in [1.29, 1.82) is 0 Å². The summed E-state index contributed by atoms with van der Waals surface area (Å²) in [6.45, 7) is 2.25. The molecule has 1 aliphatic heterocycles. The van der Waals surface area contributed by atoms with Gasteiger partial charge in [0, 0.05) is 26.1 Å². The molecule has 2 N–H and O–H groups in total. The van der Waals surface area contributed by atoms with Crippen molar-refractivity contribution in [1.82, 2.24) is 10.6 Å². The van der Waals surface area contributed by atoms with Crippen LogP contribution in [0.25, 0.3) is 0 Å². The maximum absolute atomic E-state index is 11.2. The topological polar surface area (TPSA) is 50.4 Å². The van der Waals surface area contributed by atoms with Gasteiger partial charge in [-0.15, -0.1) is 0 Å². The second-order valence-corrected chi connectivity index (χ2v) is 3.65. The fraction of sp³-hybridized carbons (Fsp3) is 0.900. The minimum atomic E-state index is 0.105. The van der Waals surface area contributed by atoms with Crippen LogP contribution in [-0.4, -0.2) is 38.8 Å². The average Bonchev–Trinajstić information content (AvgIpc) is 2.25. The second-order valence-electron chi connectivity index (χ2n) is 3.65. The maximum atomic E-state index is 11.2. The van der Waals surface area contributed by atoms with E-state index >= 15 is 0 Å². The van der Waals surface area contributed by atoms with Gasteiger partial charge in [0.15, 0.2) is 0 Å². The molecule has 0 saturated carbocycles. The molecule has 4 heteroatoms. The van der Waals surface area contributed by atoms with Crippen molar-refractivity contribution in [2.24, 2.45) is 0 Å². The zero-order valence-corrected chi connectivity index (χ0v) is 8.84. The first-order valence-corrected chi connectivity index (χ1v) is 5.36. The van der Waals surface area contributed by atoms with Gasteiger partial charge in [0.2, 0.25) is 5.91 Å². The summed E-state index contributed by atoms with van der Waals surface area (Å²) in [5.41, 5.74) is 0. The number of nitrogens with one attached hydrogen (secondary N) is 2. The Morgan fingerprint density at radius 1 is 1.50 bits per heavy atom. The molecule has 0 bridgehead atoms. The fourth-order valence-corrected chi connectivity index (χ4v) is 1.52. The van der Waals surface area contributed by atoms with E-state index in [2.05, 4.69) is 10.6 Å². The Morgan fingerprint density at radius 2 is 2.36 bits per heavy atom. The molecule has 1 unspecified atom stereocenters. The first-order valence-electron chi connectivity index (χ1n) is 5.36. The second kappa shape index (κ2) is 6.79. The summed E-state index contributed by atoms with van der Waals surface area (Å²) >= 11 is 0. The third kappa shape index (κ3) is 4.58. The molecule has 0 aromatic rings. The molecule has 1 fully saturated rings. The third-order valence-electron chi connectivity index (χ3n) is 2.40. The van der Waals surface area contributed by atoms with Crippen LogP contribution in [-0.2, 0) is 9.53 Å². The molecule has 1 atom stereocenters. The zero-order valence-electron chi connectivity index (χ0n) is 8.84. The molecule has 1 amide bonds. The summed E-state index contributed by atoms with van der Waals surface area (Å²) in [5, 5.41) is 5.83. The van der Waals surface area contributed by atoms with E-state index in [0.717, 1.165) is 26.0 Å². The van der Waals surface area contributed by atoms with Crippen LogP contribution in [0.1, 0.15) is 25.7 Å². The lowest BCUT2D eigenvalue weighted by molar-refractivity contribution is -0.121. The van der Waals surface area contributed by atoms with Gasteiger partial charge >= 0.3 is 0 Å². The highest BCUT2D eigenvalue weighted by Gasteiger charge is 2.14. The molecule has 0 aromatic carbocycles. The van der Waals surface area contributed by atoms with Crippen LogP contribution in [0.5, 0.6) is 0 Å². The minimum Gasteiger partial charge on any atom is -0.376 e. The maximum Gasteiger partial charge on any atom is 0.221 e. The van der Waals surface area contributed by atoms with Crippen LogP contribution in [0.2, 0.25) is 0 Å². The molecular formula is C10H20N2O2. The normalized spacial score (nSPS) is 21.9. The Balaban J connectivity index is 2.03. The fourth-order valence-electron chi connectivity index (χ4n) is 1.52. The molecule has 0 aliphatic carbocycles. The zero-order chi connectivity index (χ0) is 10.2. The first kappa shape index (κ1) is 11.5. The Labute approximate surface area is 85.4 Å². The van der Waals surface area contributed by atoms with Gasteiger partial charge in [-0.2, -0.15) is 0 Å². The van der Waals surface area contributed by atoms with Crippen LogP contribution in [0, 0.1) is 0 Å². The number of carbonyl (C=O) groups excluding carboxylic acids is 1. The van der Waals surface area contributed by atoms with Gasteiger partial charge in [-0.05, 0) is 26.3 Å². The van der Waals surface area contributed by atoms with Crippen molar-refractivity contribution in [2.45, 2.75) is 31.8 Å². The van der Waals surface area contributed by atoms with E-state index in [-0.39, 0.29) is 12.0 Å². The molecule has 1 heterocycles. The predicted molar refractivity (Wildman–Crippen MR) is 55.1 cm³/mol. The van der Waals surface area contributed by atoms with Gasteiger partial charge in [-0.1, -0.05) is 0 Å². The summed E-state index contributed by atoms with van der Waals surface area (Å²) in [4.78, 5) is 11.2. The molecule has 0 spiro atoms. The quantitative estimate of drug-likeness (QED) is 0.670. The van der Waals surface area contributed by atoms with Crippen LogP contribution in [0.15, 0.2) is 0 Å². The predicted octanol–water partition coefficient (Wildman–Crippen LogP) is 0.281. The Morgan fingerprint density at radius 3 is 3.00 bits per heavy atom. The van der Waals surface area contributed by atoms with E-state index in [1.807, 2.05) is 7.05 Å². The van der Waals surface area contributed by atoms with Crippen LogP contribution >= 0.6 is 0 Å². The van der Waals surface area contributed by atoms with Crippen LogP contribution in [0.4, 0.5) is 0 Å². The average molecular weight is 200 g/mol. The van der Waals surface area contributed by atoms with Crippen molar-refractivity contribution in [3.8, 4) is 0 Å². The van der Waals surface area contributed by atoms with Gasteiger partial charge in [0.25, 0.3) is 0 Å². The summed E-state index contributed by atoms with van der Waals surface area (Å²) in [5.74, 6) is 0.105.